The summed E-state index contributed by atoms with van der Waals surface area (Å²) in [6, 6.07) is 0. The lowest BCUT2D eigenvalue weighted by molar-refractivity contribution is 0.250. The molecule has 0 aromatic heterocycles. The second-order valence-corrected chi connectivity index (χ2v) is 6.41. The van der Waals surface area contributed by atoms with E-state index in [-0.39, 0.29) is 9.74 Å². The quantitative estimate of drug-likeness (QED) is 0.498. The maximum absolute atomic E-state index is 3.86. The SMILES string of the molecule is C=CC(C)(Br)C(C)(C)CC(C)C. The number of hydrogen-bond donors (Lipinski definition) is 0. The first-order chi connectivity index (χ1) is 5.23. The van der Waals surface area contributed by atoms with Gasteiger partial charge < -0.3 is 0 Å². The number of hydrogen-bond acceptors (Lipinski definition) is 0. The number of alkyl halides is 1. The van der Waals surface area contributed by atoms with Crippen LogP contribution in [0.15, 0.2) is 12.7 Å². The predicted octanol–water partition coefficient (Wildman–Crippen LogP) is 4.40. The summed E-state index contributed by atoms with van der Waals surface area (Å²) in [6.07, 6.45) is 3.20. The highest BCUT2D eigenvalue weighted by Crippen LogP contribution is 2.43. The van der Waals surface area contributed by atoms with Gasteiger partial charge in [-0.25, -0.2) is 0 Å². The Labute approximate surface area is 85.6 Å². The second kappa shape index (κ2) is 3.95. The molecule has 1 unspecified atom stereocenters. The van der Waals surface area contributed by atoms with Gasteiger partial charge in [-0.2, -0.15) is 0 Å². The van der Waals surface area contributed by atoms with E-state index in [4.69, 9.17) is 0 Å². The van der Waals surface area contributed by atoms with Crippen LogP contribution in [0, 0.1) is 11.3 Å². The minimum atomic E-state index is 0.0459. The van der Waals surface area contributed by atoms with Crippen molar-refractivity contribution in [2.75, 3.05) is 0 Å². The van der Waals surface area contributed by atoms with Crippen molar-refractivity contribution in [2.24, 2.45) is 11.3 Å². The zero-order valence-corrected chi connectivity index (χ0v) is 10.5. The number of allylic oxidation sites excluding steroid dienone is 1. The van der Waals surface area contributed by atoms with Crippen molar-refractivity contribution >= 4 is 15.9 Å². The summed E-state index contributed by atoms with van der Waals surface area (Å²) < 4.78 is 0.0459. The fourth-order valence-electron chi connectivity index (χ4n) is 1.50. The summed E-state index contributed by atoms with van der Waals surface area (Å²) in [6.45, 7) is 15.1. The Morgan fingerprint density at radius 2 is 1.75 bits per heavy atom. The van der Waals surface area contributed by atoms with Gasteiger partial charge in [0.25, 0.3) is 0 Å². The summed E-state index contributed by atoms with van der Waals surface area (Å²) in [4.78, 5) is 0. The van der Waals surface area contributed by atoms with Crippen molar-refractivity contribution in [1.82, 2.24) is 0 Å². The molecule has 0 aliphatic rings. The molecule has 0 aromatic rings. The monoisotopic (exact) mass is 232 g/mol. The first kappa shape index (κ1) is 12.2. The van der Waals surface area contributed by atoms with Gasteiger partial charge in [0.05, 0.1) is 0 Å². The van der Waals surface area contributed by atoms with E-state index in [9.17, 15) is 0 Å². The number of halogens is 1. The van der Waals surface area contributed by atoms with E-state index in [0.717, 1.165) is 5.92 Å². The third-order valence-corrected chi connectivity index (χ3v) is 4.02. The third-order valence-electron chi connectivity index (χ3n) is 2.63. The Hall–Kier alpha value is 0.220. The van der Waals surface area contributed by atoms with Crippen molar-refractivity contribution in [3.8, 4) is 0 Å². The Balaban J connectivity index is 4.48. The van der Waals surface area contributed by atoms with Crippen molar-refractivity contribution in [2.45, 2.75) is 45.4 Å². The highest BCUT2D eigenvalue weighted by Gasteiger charge is 2.36. The van der Waals surface area contributed by atoms with Gasteiger partial charge >= 0.3 is 0 Å². The van der Waals surface area contributed by atoms with E-state index < -0.39 is 0 Å². The lowest BCUT2D eigenvalue weighted by Crippen LogP contribution is -2.35. The van der Waals surface area contributed by atoms with Crippen LogP contribution in [0.3, 0.4) is 0 Å². The Morgan fingerprint density at radius 1 is 1.33 bits per heavy atom. The molecule has 0 saturated carbocycles. The van der Waals surface area contributed by atoms with Crippen LogP contribution in [-0.2, 0) is 0 Å². The Kier molecular flexibility index (Phi) is 4.02. The second-order valence-electron chi connectivity index (χ2n) is 4.76. The van der Waals surface area contributed by atoms with Crippen LogP contribution in [-0.4, -0.2) is 4.32 Å². The molecule has 0 fully saturated rings. The fourth-order valence-corrected chi connectivity index (χ4v) is 1.66. The molecular weight excluding hydrogens is 212 g/mol. The normalized spacial score (nSPS) is 17.6. The Bertz CT molecular complexity index is 154. The molecule has 1 heteroatoms. The largest absolute Gasteiger partial charge is 0.102 e. The molecule has 0 spiro atoms. The molecule has 0 nitrogen and oxygen atoms in total. The summed E-state index contributed by atoms with van der Waals surface area (Å²) in [7, 11) is 0. The molecule has 0 aliphatic carbocycles. The highest BCUT2D eigenvalue weighted by molar-refractivity contribution is 9.10. The van der Waals surface area contributed by atoms with E-state index in [0.29, 0.717) is 0 Å². The zero-order valence-electron chi connectivity index (χ0n) is 8.95. The van der Waals surface area contributed by atoms with Gasteiger partial charge in [0.2, 0.25) is 0 Å². The van der Waals surface area contributed by atoms with E-state index in [1.165, 1.54) is 6.42 Å². The summed E-state index contributed by atoms with van der Waals surface area (Å²) in [5.41, 5.74) is 0.267. The van der Waals surface area contributed by atoms with E-state index in [2.05, 4.69) is 57.1 Å². The first-order valence-corrected chi connectivity index (χ1v) is 5.35. The minimum Gasteiger partial charge on any atom is -0.102 e. The van der Waals surface area contributed by atoms with Crippen LogP contribution in [0.5, 0.6) is 0 Å². The zero-order chi connectivity index (χ0) is 9.99. The van der Waals surface area contributed by atoms with E-state index in [1.54, 1.807) is 0 Å². The highest BCUT2D eigenvalue weighted by atomic mass is 79.9. The number of rotatable bonds is 4. The van der Waals surface area contributed by atoms with Gasteiger partial charge in [0, 0.05) is 4.32 Å². The molecule has 12 heavy (non-hydrogen) atoms. The molecule has 0 aromatic carbocycles. The molecule has 0 amide bonds. The maximum atomic E-state index is 3.86. The molecule has 0 rings (SSSR count). The van der Waals surface area contributed by atoms with Crippen LogP contribution in [0.25, 0.3) is 0 Å². The molecule has 72 valence electrons. The molecule has 1 atom stereocenters. The standard InChI is InChI=1S/C11H21Br/c1-7-11(6,12)10(4,5)8-9(2)3/h7,9H,1,8H2,2-6H3. The van der Waals surface area contributed by atoms with Crippen LogP contribution in [0.1, 0.15) is 41.0 Å². The van der Waals surface area contributed by atoms with Crippen LogP contribution in [0.4, 0.5) is 0 Å². The minimum absolute atomic E-state index is 0.0459. The smallest absolute Gasteiger partial charge is 0.0457 e. The van der Waals surface area contributed by atoms with Gasteiger partial charge in [0.1, 0.15) is 0 Å². The lowest BCUT2D eigenvalue weighted by Gasteiger charge is -2.39. The molecule has 0 heterocycles. The van der Waals surface area contributed by atoms with Gasteiger partial charge in [-0.1, -0.05) is 49.7 Å². The van der Waals surface area contributed by atoms with Crippen molar-refractivity contribution in [3.05, 3.63) is 12.7 Å². The summed E-state index contributed by atoms with van der Waals surface area (Å²) in [5.74, 6) is 0.733. The maximum Gasteiger partial charge on any atom is 0.0457 e. The average Bonchev–Trinajstić information content (AvgIpc) is 1.84. The van der Waals surface area contributed by atoms with Gasteiger partial charge in [0.15, 0.2) is 0 Å². The summed E-state index contributed by atoms with van der Waals surface area (Å²) in [5, 5.41) is 0. The van der Waals surface area contributed by atoms with Gasteiger partial charge in [-0.3, -0.25) is 0 Å². The molecule has 0 N–H and O–H groups in total. The molecule has 0 bridgehead atoms. The fraction of sp³-hybridized carbons (Fsp3) is 0.818. The van der Waals surface area contributed by atoms with Crippen LogP contribution >= 0.6 is 15.9 Å². The van der Waals surface area contributed by atoms with Crippen molar-refractivity contribution < 1.29 is 0 Å². The topological polar surface area (TPSA) is 0 Å². The predicted molar refractivity (Wildman–Crippen MR) is 60.8 cm³/mol. The average molecular weight is 233 g/mol. The van der Waals surface area contributed by atoms with E-state index >= 15 is 0 Å². The third kappa shape index (κ3) is 2.93. The molecular formula is C11H21Br. The van der Waals surface area contributed by atoms with Gasteiger partial charge in [-0.15, -0.1) is 6.58 Å². The van der Waals surface area contributed by atoms with E-state index in [1.807, 2.05) is 6.08 Å². The molecule has 0 radical (unpaired) electrons. The molecule has 0 aliphatic heterocycles. The van der Waals surface area contributed by atoms with Gasteiger partial charge in [-0.05, 0) is 24.7 Å². The lowest BCUT2D eigenvalue weighted by atomic mass is 9.74. The van der Waals surface area contributed by atoms with Crippen molar-refractivity contribution in [3.63, 3.8) is 0 Å². The van der Waals surface area contributed by atoms with Crippen LogP contribution < -0.4 is 0 Å². The van der Waals surface area contributed by atoms with Crippen molar-refractivity contribution in [1.29, 1.82) is 0 Å². The summed E-state index contributed by atoms with van der Waals surface area (Å²) >= 11 is 3.71. The first-order valence-electron chi connectivity index (χ1n) is 4.55. The Morgan fingerprint density at radius 3 is 2.00 bits per heavy atom. The molecule has 0 saturated heterocycles. The van der Waals surface area contributed by atoms with Crippen LogP contribution in [0.2, 0.25) is 0 Å².